The molecule has 0 amide bonds. The zero-order valence-corrected chi connectivity index (χ0v) is 31.2. The van der Waals surface area contributed by atoms with E-state index in [0.717, 1.165) is 71.7 Å². The fraction of sp³-hybridized carbons (Fsp3) is 0.0577. The lowest BCUT2D eigenvalue weighted by molar-refractivity contribution is 0.369. The van der Waals surface area contributed by atoms with Gasteiger partial charge >= 0.3 is 0 Å². The number of ether oxygens (including phenoxy) is 1. The Morgan fingerprint density at radius 2 is 1.14 bits per heavy atom. The molecule has 5 nitrogen and oxygen atoms in total. The second kappa shape index (κ2) is 13.4. The summed E-state index contributed by atoms with van der Waals surface area (Å²) >= 11 is 0. The molecule has 3 heterocycles. The highest BCUT2D eigenvalue weighted by Gasteiger charge is 2.20. The molecule has 0 bridgehead atoms. The van der Waals surface area contributed by atoms with Crippen LogP contribution in [0.3, 0.4) is 0 Å². The molecule has 0 fully saturated rings. The summed E-state index contributed by atoms with van der Waals surface area (Å²) in [7, 11) is 0. The van der Waals surface area contributed by atoms with Gasteiger partial charge < -0.3 is 9.15 Å². The minimum absolute atomic E-state index is 0.197. The Morgan fingerprint density at radius 1 is 0.509 bits per heavy atom. The largest absolute Gasteiger partial charge is 0.488 e. The molecule has 1 atom stereocenters. The standard InChI is InChI=1S/C52H35N3O2/c1-32-10-8-16-41(31-56-49-42(32)26-24-35-13-6-7-17-43(35)49)38-25-27-46-45(30-38)48-44(18-9-19-47(48)57-46)52-54-50(39-22-20-33-11-2-4-14-36(33)28-39)53-51(55-52)40-23-21-34-12-3-5-15-37(34)29-40/h2-30,32H,31H2,1H3/b10-8-,41-16+. The predicted molar refractivity (Wildman–Crippen MR) is 233 cm³/mol. The molecule has 1 unspecified atom stereocenters. The van der Waals surface area contributed by atoms with Gasteiger partial charge in [0.15, 0.2) is 17.5 Å². The van der Waals surface area contributed by atoms with Gasteiger partial charge in [-0.15, -0.1) is 0 Å². The molecule has 0 N–H and O–H groups in total. The molecule has 10 aromatic rings. The van der Waals surface area contributed by atoms with Crippen LogP contribution in [0, 0.1) is 0 Å². The molecule has 270 valence electrons. The number of nitrogens with zero attached hydrogens (tertiary/aromatic N) is 3. The molecule has 0 aliphatic carbocycles. The third-order valence-corrected chi connectivity index (χ3v) is 11.2. The van der Waals surface area contributed by atoms with Crippen molar-refractivity contribution in [3.8, 4) is 39.9 Å². The normalized spacial score (nSPS) is 15.8. The van der Waals surface area contributed by atoms with E-state index in [1.807, 2.05) is 12.1 Å². The van der Waals surface area contributed by atoms with Crippen LogP contribution in [-0.4, -0.2) is 21.6 Å². The molecule has 0 spiro atoms. The Bertz CT molecular complexity index is 3190. The van der Waals surface area contributed by atoms with Crippen molar-refractivity contribution in [2.45, 2.75) is 12.8 Å². The van der Waals surface area contributed by atoms with Gasteiger partial charge in [0, 0.05) is 44.3 Å². The highest BCUT2D eigenvalue weighted by atomic mass is 16.5. The molecule has 1 aliphatic heterocycles. The van der Waals surface area contributed by atoms with E-state index in [0.29, 0.717) is 24.1 Å². The van der Waals surface area contributed by atoms with Crippen molar-refractivity contribution < 1.29 is 9.15 Å². The Labute approximate surface area is 329 Å². The van der Waals surface area contributed by atoms with Crippen LogP contribution in [-0.2, 0) is 0 Å². The van der Waals surface area contributed by atoms with Gasteiger partial charge in [-0.1, -0.05) is 153 Å². The zero-order valence-electron chi connectivity index (χ0n) is 31.2. The number of aromatic nitrogens is 3. The fourth-order valence-corrected chi connectivity index (χ4v) is 8.22. The number of fused-ring (bicyclic) bond motifs is 8. The van der Waals surface area contributed by atoms with E-state index in [1.54, 1.807) is 0 Å². The van der Waals surface area contributed by atoms with Crippen molar-refractivity contribution >= 4 is 59.8 Å². The average molecular weight is 734 g/mol. The summed E-state index contributed by atoms with van der Waals surface area (Å²) in [6, 6.07) is 54.8. The van der Waals surface area contributed by atoms with Crippen LogP contribution in [0.15, 0.2) is 180 Å². The van der Waals surface area contributed by atoms with Crippen LogP contribution in [0.5, 0.6) is 5.75 Å². The van der Waals surface area contributed by atoms with Crippen molar-refractivity contribution in [1.82, 2.24) is 15.0 Å². The van der Waals surface area contributed by atoms with Crippen LogP contribution in [0.4, 0.5) is 0 Å². The maximum atomic E-state index is 6.74. The molecule has 57 heavy (non-hydrogen) atoms. The summed E-state index contributed by atoms with van der Waals surface area (Å²) in [5.74, 6) is 2.94. The number of hydrogen-bond donors (Lipinski definition) is 0. The van der Waals surface area contributed by atoms with E-state index in [-0.39, 0.29) is 5.92 Å². The van der Waals surface area contributed by atoms with Crippen LogP contribution in [0.1, 0.15) is 24.0 Å². The van der Waals surface area contributed by atoms with Crippen LogP contribution in [0.2, 0.25) is 0 Å². The summed E-state index contributed by atoms with van der Waals surface area (Å²) in [4.78, 5) is 15.5. The van der Waals surface area contributed by atoms with Crippen LogP contribution < -0.4 is 4.74 Å². The monoisotopic (exact) mass is 733 g/mol. The number of rotatable bonds is 4. The van der Waals surface area contributed by atoms with Gasteiger partial charge in [-0.2, -0.15) is 0 Å². The van der Waals surface area contributed by atoms with Crippen molar-refractivity contribution in [3.63, 3.8) is 0 Å². The molecule has 0 saturated heterocycles. The zero-order chi connectivity index (χ0) is 37.9. The first-order chi connectivity index (χ1) is 28.1. The molecular formula is C52H35N3O2. The smallest absolute Gasteiger partial charge is 0.164 e. The Morgan fingerprint density at radius 3 is 1.88 bits per heavy atom. The summed E-state index contributed by atoms with van der Waals surface area (Å²) in [6.07, 6.45) is 6.57. The van der Waals surface area contributed by atoms with Crippen molar-refractivity contribution in [3.05, 3.63) is 187 Å². The van der Waals surface area contributed by atoms with Gasteiger partial charge in [0.1, 0.15) is 23.5 Å². The molecular weight excluding hydrogens is 699 g/mol. The highest BCUT2D eigenvalue weighted by molar-refractivity contribution is 6.12. The average Bonchev–Trinajstić information content (AvgIpc) is 3.68. The predicted octanol–water partition coefficient (Wildman–Crippen LogP) is 13.4. The lowest BCUT2D eigenvalue weighted by atomic mass is 9.96. The minimum atomic E-state index is 0.197. The highest BCUT2D eigenvalue weighted by Crippen LogP contribution is 2.40. The quantitative estimate of drug-likeness (QED) is 0.180. The van der Waals surface area contributed by atoms with Gasteiger partial charge in [0.25, 0.3) is 0 Å². The molecule has 5 heteroatoms. The fourth-order valence-electron chi connectivity index (χ4n) is 8.22. The Hall–Kier alpha value is -7.37. The molecule has 1 aliphatic rings. The van der Waals surface area contributed by atoms with Gasteiger partial charge in [0.2, 0.25) is 0 Å². The van der Waals surface area contributed by atoms with Crippen LogP contribution >= 0.6 is 0 Å². The second-order valence-electron chi connectivity index (χ2n) is 14.8. The molecule has 8 aromatic carbocycles. The number of hydrogen-bond acceptors (Lipinski definition) is 5. The third-order valence-electron chi connectivity index (χ3n) is 11.2. The lowest BCUT2D eigenvalue weighted by Gasteiger charge is -2.17. The van der Waals surface area contributed by atoms with Crippen LogP contribution in [0.25, 0.3) is 94.0 Å². The minimum Gasteiger partial charge on any atom is -0.488 e. The SMILES string of the molecule is CC1/C=C\C=C(\c2ccc3oc4cccc(-c5nc(-c6ccc7ccccc7c6)nc(-c6ccc7ccccc7c6)n5)c4c3c2)COc2c1ccc1ccccc21. The van der Waals surface area contributed by atoms with E-state index in [4.69, 9.17) is 24.1 Å². The van der Waals surface area contributed by atoms with Gasteiger partial charge in [-0.3, -0.25) is 0 Å². The first-order valence-electron chi connectivity index (χ1n) is 19.4. The van der Waals surface area contributed by atoms with Gasteiger partial charge in [-0.25, -0.2) is 15.0 Å². The number of furan rings is 1. The summed E-state index contributed by atoms with van der Waals surface area (Å²) in [5.41, 5.74) is 7.62. The Balaban J connectivity index is 1.06. The first kappa shape index (κ1) is 33.0. The topological polar surface area (TPSA) is 61.0 Å². The molecule has 2 aromatic heterocycles. The van der Waals surface area contributed by atoms with E-state index in [2.05, 4.69) is 171 Å². The van der Waals surface area contributed by atoms with E-state index in [9.17, 15) is 0 Å². The number of allylic oxidation sites excluding steroid dienone is 3. The van der Waals surface area contributed by atoms with Gasteiger partial charge in [-0.05, 0) is 68.4 Å². The summed E-state index contributed by atoms with van der Waals surface area (Å²) in [6.45, 7) is 2.64. The summed E-state index contributed by atoms with van der Waals surface area (Å²) in [5, 5.41) is 8.83. The second-order valence-corrected chi connectivity index (χ2v) is 14.8. The molecule has 0 saturated carbocycles. The van der Waals surface area contributed by atoms with E-state index < -0.39 is 0 Å². The van der Waals surface area contributed by atoms with Crippen molar-refractivity contribution in [2.24, 2.45) is 0 Å². The van der Waals surface area contributed by atoms with Gasteiger partial charge in [0.05, 0.1) is 0 Å². The Kier molecular flexibility index (Phi) is 7.78. The van der Waals surface area contributed by atoms with Crippen molar-refractivity contribution in [2.75, 3.05) is 6.61 Å². The third kappa shape index (κ3) is 5.83. The van der Waals surface area contributed by atoms with E-state index in [1.165, 1.54) is 21.7 Å². The number of benzene rings is 8. The van der Waals surface area contributed by atoms with Crippen molar-refractivity contribution in [1.29, 1.82) is 0 Å². The first-order valence-corrected chi connectivity index (χ1v) is 19.4. The molecule has 0 radical (unpaired) electrons. The maximum absolute atomic E-state index is 6.74. The van der Waals surface area contributed by atoms with E-state index >= 15 is 0 Å². The molecule has 11 rings (SSSR count). The lowest BCUT2D eigenvalue weighted by Crippen LogP contribution is -2.04. The summed E-state index contributed by atoms with van der Waals surface area (Å²) < 4.78 is 13.3. The maximum Gasteiger partial charge on any atom is 0.164 e.